The normalized spacial score (nSPS) is 33.2. The third-order valence-electron chi connectivity index (χ3n) is 4.46. The molecule has 2 atom stereocenters. The molecule has 1 spiro atoms. The van der Waals surface area contributed by atoms with E-state index in [9.17, 15) is 9.59 Å². The molecule has 1 saturated heterocycles. The Hall–Kier alpha value is -1.26. The molecule has 1 aliphatic heterocycles. The number of hydrogen-bond donors (Lipinski definition) is 0. The van der Waals surface area contributed by atoms with Gasteiger partial charge < -0.3 is 14.4 Å². The average Bonchev–Trinajstić information content (AvgIpc) is 2.61. The van der Waals surface area contributed by atoms with Crippen LogP contribution in [0.3, 0.4) is 0 Å². The Morgan fingerprint density at radius 2 is 2.05 bits per heavy atom. The second-order valence-electron chi connectivity index (χ2n) is 8.05. The molecule has 5 heteroatoms. The zero-order chi connectivity index (χ0) is 15.9. The Kier molecular flexibility index (Phi) is 3.98. The molecule has 2 fully saturated rings. The van der Waals surface area contributed by atoms with Gasteiger partial charge in [-0.2, -0.15) is 0 Å². The minimum Gasteiger partial charge on any atom is -0.469 e. The number of ether oxygens (including phenoxy) is 2. The van der Waals surface area contributed by atoms with E-state index in [2.05, 4.69) is 20.8 Å². The molecule has 0 aromatic rings. The summed E-state index contributed by atoms with van der Waals surface area (Å²) in [4.78, 5) is 26.0. The van der Waals surface area contributed by atoms with E-state index in [0.717, 1.165) is 19.3 Å². The highest BCUT2D eigenvalue weighted by Crippen LogP contribution is 2.47. The molecule has 0 radical (unpaired) electrons. The Balaban J connectivity index is 2.13. The summed E-state index contributed by atoms with van der Waals surface area (Å²) < 4.78 is 10.7. The van der Waals surface area contributed by atoms with E-state index >= 15 is 0 Å². The molecule has 0 N–H and O–H groups in total. The second-order valence-corrected chi connectivity index (χ2v) is 8.05. The Morgan fingerprint density at radius 1 is 1.38 bits per heavy atom. The summed E-state index contributed by atoms with van der Waals surface area (Å²) in [7, 11) is 1.42. The molecule has 1 aliphatic carbocycles. The highest BCUT2D eigenvalue weighted by molar-refractivity contribution is 5.77. The van der Waals surface area contributed by atoms with Crippen molar-refractivity contribution in [3.05, 3.63) is 0 Å². The van der Waals surface area contributed by atoms with Crippen molar-refractivity contribution in [1.82, 2.24) is 4.90 Å². The van der Waals surface area contributed by atoms with E-state index in [4.69, 9.17) is 9.47 Å². The van der Waals surface area contributed by atoms with Gasteiger partial charge in [0.05, 0.1) is 19.1 Å². The predicted octanol–water partition coefficient (Wildman–Crippen LogP) is 2.98. The molecule has 1 saturated carbocycles. The van der Waals surface area contributed by atoms with E-state index in [1.165, 1.54) is 7.11 Å². The van der Waals surface area contributed by atoms with E-state index in [1.807, 2.05) is 6.92 Å². The van der Waals surface area contributed by atoms with Gasteiger partial charge in [0.2, 0.25) is 0 Å². The van der Waals surface area contributed by atoms with Crippen LogP contribution in [0, 0.1) is 10.8 Å². The topological polar surface area (TPSA) is 55.8 Å². The van der Waals surface area contributed by atoms with Crippen molar-refractivity contribution in [2.75, 3.05) is 20.2 Å². The van der Waals surface area contributed by atoms with Gasteiger partial charge >= 0.3 is 12.1 Å². The number of rotatable bonds is 2. The van der Waals surface area contributed by atoms with Crippen LogP contribution in [-0.2, 0) is 14.3 Å². The average molecular weight is 297 g/mol. The number of amides is 1. The molecule has 0 aromatic carbocycles. The molecular formula is C16H27NO4. The van der Waals surface area contributed by atoms with Gasteiger partial charge in [-0.25, -0.2) is 4.79 Å². The molecule has 5 nitrogen and oxygen atoms in total. The largest absolute Gasteiger partial charge is 0.469 e. The van der Waals surface area contributed by atoms with Crippen LogP contribution >= 0.6 is 0 Å². The van der Waals surface area contributed by atoms with Crippen LogP contribution in [-0.4, -0.2) is 42.8 Å². The fourth-order valence-corrected chi connectivity index (χ4v) is 3.72. The highest BCUT2D eigenvalue weighted by Gasteiger charge is 2.54. The van der Waals surface area contributed by atoms with Crippen LogP contribution in [0.25, 0.3) is 0 Å². The monoisotopic (exact) mass is 297 g/mol. The van der Waals surface area contributed by atoms with E-state index in [1.54, 1.807) is 4.90 Å². The lowest BCUT2D eigenvalue weighted by molar-refractivity contribution is -0.158. The van der Waals surface area contributed by atoms with Crippen LogP contribution in [0.1, 0.15) is 53.4 Å². The molecule has 0 unspecified atom stereocenters. The first-order chi connectivity index (χ1) is 9.59. The molecule has 2 aliphatic rings. The fourth-order valence-electron chi connectivity index (χ4n) is 3.72. The van der Waals surface area contributed by atoms with Crippen LogP contribution in [0.5, 0.6) is 0 Å². The van der Waals surface area contributed by atoms with Gasteiger partial charge in [0, 0.05) is 13.0 Å². The maximum absolute atomic E-state index is 12.2. The molecule has 120 valence electrons. The summed E-state index contributed by atoms with van der Waals surface area (Å²) in [6.07, 6.45) is 2.80. The number of nitrogens with zero attached hydrogens (tertiary/aromatic N) is 1. The third kappa shape index (κ3) is 3.33. The summed E-state index contributed by atoms with van der Waals surface area (Å²) in [6.45, 7) is 9.47. The van der Waals surface area contributed by atoms with Gasteiger partial charge in [-0.1, -0.05) is 20.8 Å². The Labute approximate surface area is 127 Å². The summed E-state index contributed by atoms with van der Waals surface area (Å²) in [6, 6.07) is 0. The zero-order valence-corrected chi connectivity index (χ0v) is 13.8. The first-order valence-electron chi connectivity index (χ1n) is 7.66. The van der Waals surface area contributed by atoms with Crippen molar-refractivity contribution in [1.29, 1.82) is 0 Å². The van der Waals surface area contributed by atoms with Gasteiger partial charge in [-0.3, -0.25) is 4.79 Å². The smallest absolute Gasteiger partial charge is 0.410 e. The van der Waals surface area contributed by atoms with Crippen LogP contribution < -0.4 is 0 Å². The summed E-state index contributed by atoms with van der Waals surface area (Å²) in [5, 5.41) is 0. The van der Waals surface area contributed by atoms with Crippen molar-refractivity contribution in [2.45, 2.75) is 59.0 Å². The van der Waals surface area contributed by atoms with Gasteiger partial charge in [0.1, 0.15) is 5.60 Å². The maximum atomic E-state index is 12.2. The van der Waals surface area contributed by atoms with Gasteiger partial charge in [-0.15, -0.1) is 0 Å². The van der Waals surface area contributed by atoms with Gasteiger partial charge in [-0.05, 0) is 31.6 Å². The number of hydrogen-bond acceptors (Lipinski definition) is 4. The van der Waals surface area contributed by atoms with Crippen molar-refractivity contribution in [3.63, 3.8) is 0 Å². The summed E-state index contributed by atoms with van der Waals surface area (Å²) in [5.74, 6) is -0.202. The van der Waals surface area contributed by atoms with Crippen molar-refractivity contribution in [3.8, 4) is 0 Å². The summed E-state index contributed by atoms with van der Waals surface area (Å²) in [5.41, 5.74) is -1.04. The molecule has 1 heterocycles. The number of esters is 1. The maximum Gasteiger partial charge on any atom is 0.410 e. The van der Waals surface area contributed by atoms with Crippen LogP contribution in [0.15, 0.2) is 0 Å². The van der Waals surface area contributed by atoms with Crippen molar-refractivity contribution < 1.29 is 19.1 Å². The Morgan fingerprint density at radius 3 is 2.62 bits per heavy atom. The van der Waals surface area contributed by atoms with Gasteiger partial charge in [0.25, 0.3) is 0 Å². The minimum absolute atomic E-state index is 0.0326. The lowest BCUT2D eigenvalue weighted by Crippen LogP contribution is -2.47. The summed E-state index contributed by atoms with van der Waals surface area (Å²) >= 11 is 0. The molecule has 2 rings (SSSR count). The number of methoxy groups -OCH3 is 1. The highest BCUT2D eigenvalue weighted by atomic mass is 16.6. The molecule has 0 aromatic heterocycles. The standard InChI is InChI=1S/C16H27NO4/c1-14(2,3)10-17-11-16(21-13(17)19)8-6-7-15(4,9-16)12(18)20-5/h6-11H2,1-5H3/t15-,16-/m0/s1. The van der Waals surface area contributed by atoms with E-state index in [0.29, 0.717) is 19.5 Å². The lowest BCUT2D eigenvalue weighted by atomic mass is 9.68. The quantitative estimate of drug-likeness (QED) is 0.735. The number of carbonyl (C=O) groups excluding carboxylic acids is 2. The molecule has 21 heavy (non-hydrogen) atoms. The molecule has 0 bridgehead atoms. The van der Waals surface area contributed by atoms with E-state index < -0.39 is 11.0 Å². The molecular weight excluding hydrogens is 270 g/mol. The second kappa shape index (κ2) is 5.18. The third-order valence-corrected chi connectivity index (χ3v) is 4.46. The van der Waals surface area contributed by atoms with E-state index in [-0.39, 0.29) is 17.5 Å². The SMILES string of the molecule is COC(=O)[C@@]1(C)CCC[C@@]2(CN(CC(C)(C)C)C(=O)O2)C1. The first kappa shape index (κ1) is 16.1. The van der Waals surface area contributed by atoms with Crippen molar-refractivity contribution in [2.24, 2.45) is 10.8 Å². The fraction of sp³-hybridized carbons (Fsp3) is 0.875. The first-order valence-corrected chi connectivity index (χ1v) is 7.66. The number of carbonyl (C=O) groups is 2. The lowest BCUT2D eigenvalue weighted by Gasteiger charge is -2.41. The zero-order valence-electron chi connectivity index (χ0n) is 13.8. The predicted molar refractivity (Wildman–Crippen MR) is 78.8 cm³/mol. The molecule has 1 amide bonds. The minimum atomic E-state index is -0.551. The van der Waals surface area contributed by atoms with Crippen molar-refractivity contribution >= 4 is 12.1 Å². The van der Waals surface area contributed by atoms with Gasteiger partial charge in [0.15, 0.2) is 0 Å². The Bertz CT molecular complexity index is 442. The van der Waals surface area contributed by atoms with Crippen LogP contribution in [0.4, 0.5) is 4.79 Å². The van der Waals surface area contributed by atoms with Crippen LogP contribution in [0.2, 0.25) is 0 Å².